The maximum atomic E-state index is 11.1. The second-order valence-electron chi connectivity index (χ2n) is 5.37. The first-order valence-electron chi connectivity index (χ1n) is 8.28. The fraction of sp³-hybridized carbons (Fsp3) is 0.588. The van der Waals surface area contributed by atoms with Crippen LogP contribution in [0.1, 0.15) is 32.4 Å². The van der Waals surface area contributed by atoms with Gasteiger partial charge in [-0.05, 0) is 26.3 Å². The summed E-state index contributed by atoms with van der Waals surface area (Å²) in [5.74, 6) is 0. The Kier molecular flexibility index (Phi) is 9.68. The van der Waals surface area contributed by atoms with Gasteiger partial charge in [0.25, 0.3) is 0 Å². The fourth-order valence-corrected chi connectivity index (χ4v) is 2.44. The summed E-state index contributed by atoms with van der Waals surface area (Å²) in [5.41, 5.74) is 0.796. The molecule has 8 nitrogen and oxygen atoms in total. The molecule has 0 aliphatic heterocycles. The molecule has 0 radical (unpaired) electrons. The molecule has 1 rings (SSSR count). The Morgan fingerprint density at radius 2 is 1.80 bits per heavy atom. The van der Waals surface area contributed by atoms with E-state index in [4.69, 9.17) is 14.2 Å². The highest BCUT2D eigenvalue weighted by Crippen LogP contribution is 2.25. The molecule has 3 atom stereocenters. The second kappa shape index (κ2) is 11.5. The minimum atomic E-state index is -0.920. The van der Waals surface area contributed by atoms with Gasteiger partial charge in [-0.25, -0.2) is 0 Å². The van der Waals surface area contributed by atoms with E-state index in [2.05, 4.69) is 5.32 Å². The van der Waals surface area contributed by atoms with Crippen molar-refractivity contribution in [3.63, 3.8) is 0 Å². The minimum Gasteiger partial charge on any atom is -0.356 e. The van der Waals surface area contributed by atoms with E-state index in [0.29, 0.717) is 19.6 Å². The third-order valence-corrected chi connectivity index (χ3v) is 3.53. The van der Waals surface area contributed by atoms with Gasteiger partial charge in [-0.15, -0.1) is 0 Å². The number of ether oxygens (including phenoxy) is 3. The first-order chi connectivity index (χ1) is 12.0. The number of nitrogens with zero attached hydrogens (tertiary/aromatic N) is 1. The first kappa shape index (κ1) is 21.0. The Bertz CT molecular complexity index is 507. The number of carbonyl (C=O) groups excluding carboxylic acids is 1. The molecule has 0 bridgehead atoms. The van der Waals surface area contributed by atoms with E-state index in [-0.39, 0.29) is 0 Å². The van der Waals surface area contributed by atoms with E-state index in [1.165, 1.54) is 0 Å². The van der Waals surface area contributed by atoms with Crippen molar-refractivity contribution >= 4 is 6.41 Å². The van der Waals surface area contributed by atoms with Crippen molar-refractivity contribution < 1.29 is 23.9 Å². The summed E-state index contributed by atoms with van der Waals surface area (Å²) in [6, 6.07) is 8.82. The fourth-order valence-electron chi connectivity index (χ4n) is 2.44. The van der Waals surface area contributed by atoms with Crippen LogP contribution in [0.5, 0.6) is 0 Å². The molecular formula is C17H26N2O6. The molecule has 0 saturated carbocycles. The number of hydrogen-bond donors (Lipinski definition) is 1. The molecule has 1 aromatic rings. The van der Waals surface area contributed by atoms with Crippen molar-refractivity contribution in [2.24, 2.45) is 0 Å². The van der Waals surface area contributed by atoms with Crippen LogP contribution in [0, 0.1) is 10.1 Å². The van der Waals surface area contributed by atoms with Crippen molar-refractivity contribution in [2.45, 2.75) is 45.3 Å². The first-order valence-corrected chi connectivity index (χ1v) is 8.28. The normalized spacial score (nSPS) is 14.7. The highest BCUT2D eigenvalue weighted by atomic mass is 16.7. The van der Waals surface area contributed by atoms with E-state index >= 15 is 0 Å². The smallest absolute Gasteiger partial charge is 0.234 e. The summed E-state index contributed by atoms with van der Waals surface area (Å²) in [6.07, 6.45) is -1.79. The molecule has 1 amide bonds. The van der Waals surface area contributed by atoms with Crippen LogP contribution in [0.4, 0.5) is 0 Å². The van der Waals surface area contributed by atoms with Crippen molar-refractivity contribution in [1.82, 2.24) is 5.32 Å². The molecular weight excluding hydrogens is 328 g/mol. The molecule has 0 heterocycles. The molecule has 0 saturated heterocycles. The Hall–Kier alpha value is -2.03. The lowest BCUT2D eigenvalue weighted by molar-refractivity contribution is -0.499. The zero-order chi connectivity index (χ0) is 18.7. The molecule has 1 aromatic carbocycles. The lowest BCUT2D eigenvalue weighted by atomic mass is 10.0. The van der Waals surface area contributed by atoms with Crippen molar-refractivity contribution in [3.8, 4) is 0 Å². The number of nitrogens with one attached hydrogen (secondary N) is 1. The minimum absolute atomic E-state index is 0.334. The molecule has 0 aliphatic rings. The highest BCUT2D eigenvalue weighted by Gasteiger charge is 2.33. The van der Waals surface area contributed by atoms with Crippen LogP contribution < -0.4 is 5.32 Å². The topological polar surface area (TPSA) is 99.9 Å². The average molecular weight is 354 g/mol. The SMILES string of the molecule is CCOC(OCC)[C@H](C[N+](=O)[O-])O[C@H](c1ccccc1)[C@H](C)NC=O. The van der Waals surface area contributed by atoms with Gasteiger partial charge in [0.15, 0.2) is 12.4 Å². The third kappa shape index (κ3) is 7.16. The second-order valence-corrected chi connectivity index (χ2v) is 5.37. The molecule has 8 heteroatoms. The van der Waals surface area contributed by atoms with E-state index < -0.39 is 36.0 Å². The Morgan fingerprint density at radius 1 is 1.20 bits per heavy atom. The molecule has 0 spiro atoms. The van der Waals surface area contributed by atoms with Gasteiger partial charge in [0.1, 0.15) is 6.10 Å². The highest BCUT2D eigenvalue weighted by molar-refractivity contribution is 5.47. The van der Waals surface area contributed by atoms with Gasteiger partial charge in [0.2, 0.25) is 13.0 Å². The Morgan fingerprint density at radius 3 is 2.28 bits per heavy atom. The number of carbonyl (C=O) groups is 1. The number of benzene rings is 1. The largest absolute Gasteiger partial charge is 0.356 e. The van der Waals surface area contributed by atoms with Crippen molar-refractivity contribution in [3.05, 3.63) is 46.0 Å². The maximum absolute atomic E-state index is 11.1. The van der Waals surface area contributed by atoms with Crippen molar-refractivity contribution in [1.29, 1.82) is 0 Å². The zero-order valence-electron chi connectivity index (χ0n) is 14.8. The molecule has 0 aliphatic carbocycles. The lowest BCUT2D eigenvalue weighted by Gasteiger charge is -2.31. The van der Waals surface area contributed by atoms with Gasteiger partial charge < -0.3 is 19.5 Å². The van der Waals surface area contributed by atoms with Crippen LogP contribution in [-0.4, -0.2) is 49.5 Å². The molecule has 0 fully saturated rings. The van der Waals surface area contributed by atoms with Crippen LogP contribution in [0.25, 0.3) is 0 Å². The average Bonchev–Trinajstić information content (AvgIpc) is 2.59. The number of amides is 1. The number of rotatable bonds is 13. The summed E-state index contributed by atoms with van der Waals surface area (Å²) < 4.78 is 17.0. The number of hydrogen-bond acceptors (Lipinski definition) is 6. The quantitative estimate of drug-likeness (QED) is 0.251. The van der Waals surface area contributed by atoms with Gasteiger partial charge >= 0.3 is 0 Å². The number of nitro groups is 1. The van der Waals surface area contributed by atoms with E-state index in [1.807, 2.05) is 30.3 Å². The van der Waals surface area contributed by atoms with Crippen LogP contribution in [-0.2, 0) is 19.0 Å². The third-order valence-electron chi connectivity index (χ3n) is 3.53. The van der Waals surface area contributed by atoms with Crippen LogP contribution in [0.2, 0.25) is 0 Å². The van der Waals surface area contributed by atoms with Gasteiger partial charge in [0, 0.05) is 18.1 Å². The van der Waals surface area contributed by atoms with Gasteiger partial charge in [-0.1, -0.05) is 30.3 Å². The van der Waals surface area contributed by atoms with E-state index in [1.54, 1.807) is 20.8 Å². The maximum Gasteiger partial charge on any atom is 0.234 e. The van der Waals surface area contributed by atoms with E-state index in [9.17, 15) is 14.9 Å². The summed E-state index contributed by atoms with van der Waals surface area (Å²) in [4.78, 5) is 21.4. The van der Waals surface area contributed by atoms with Crippen molar-refractivity contribution in [2.75, 3.05) is 19.8 Å². The summed E-state index contributed by atoms with van der Waals surface area (Å²) >= 11 is 0. The summed E-state index contributed by atoms with van der Waals surface area (Å²) in [5, 5.41) is 13.7. The summed E-state index contributed by atoms with van der Waals surface area (Å²) in [6.45, 7) is 5.52. The van der Waals surface area contributed by atoms with Crippen LogP contribution in [0.3, 0.4) is 0 Å². The van der Waals surface area contributed by atoms with E-state index in [0.717, 1.165) is 5.56 Å². The van der Waals surface area contributed by atoms with Crippen LogP contribution >= 0.6 is 0 Å². The van der Waals surface area contributed by atoms with Gasteiger partial charge in [-0.3, -0.25) is 14.9 Å². The summed E-state index contributed by atoms with van der Waals surface area (Å²) in [7, 11) is 0. The monoisotopic (exact) mass is 354 g/mol. The molecule has 140 valence electrons. The molecule has 1 N–H and O–H groups in total. The van der Waals surface area contributed by atoms with Crippen LogP contribution in [0.15, 0.2) is 30.3 Å². The standard InChI is InChI=1S/C17H26N2O6/c1-4-23-17(24-5-2)15(11-19(21)22)25-16(13(3)18-12-20)14-9-7-6-8-10-14/h6-10,12-13,15-17H,4-5,11H2,1-3H3,(H,18,20)/t13-,15-,16-/m0/s1. The Balaban J connectivity index is 3.07. The predicted octanol–water partition coefficient (Wildman–Crippen LogP) is 1.92. The van der Waals surface area contributed by atoms with Gasteiger partial charge in [0.05, 0.1) is 6.04 Å². The molecule has 25 heavy (non-hydrogen) atoms. The van der Waals surface area contributed by atoms with Gasteiger partial charge in [-0.2, -0.15) is 0 Å². The Labute approximate surface area is 147 Å². The zero-order valence-corrected chi connectivity index (χ0v) is 14.8. The molecule has 0 aromatic heterocycles. The molecule has 0 unspecified atom stereocenters. The lowest BCUT2D eigenvalue weighted by Crippen LogP contribution is -2.43. The predicted molar refractivity (Wildman–Crippen MR) is 91.6 cm³/mol.